The van der Waals surface area contributed by atoms with E-state index in [2.05, 4.69) is 0 Å². The number of benzene rings is 2. The Hall–Kier alpha value is -2.20. The zero-order valence-electron chi connectivity index (χ0n) is 13.1. The zero-order valence-corrected chi connectivity index (χ0v) is 13.9. The van der Waals surface area contributed by atoms with Gasteiger partial charge in [-0.05, 0) is 11.1 Å². The third-order valence-electron chi connectivity index (χ3n) is 3.62. The van der Waals surface area contributed by atoms with E-state index in [1.165, 1.54) is 0 Å². The topological polar surface area (TPSA) is 29.5 Å². The van der Waals surface area contributed by atoms with E-state index in [1.54, 1.807) is 16.7 Å². The van der Waals surface area contributed by atoms with Crippen LogP contribution in [0.3, 0.4) is 0 Å². The van der Waals surface area contributed by atoms with Crippen molar-refractivity contribution in [1.82, 2.24) is 4.90 Å². The highest BCUT2D eigenvalue weighted by atomic mass is 32.2. The predicted octanol–water partition coefficient (Wildman–Crippen LogP) is 3.78. The minimum Gasteiger partial charge on any atom is -0.486 e. The molecule has 118 valence electrons. The van der Waals surface area contributed by atoms with Gasteiger partial charge in [-0.25, -0.2) is 0 Å². The van der Waals surface area contributed by atoms with Gasteiger partial charge in [-0.1, -0.05) is 60.7 Å². The van der Waals surface area contributed by atoms with Crippen LogP contribution >= 0.6 is 11.8 Å². The molecule has 2 aromatic rings. The van der Waals surface area contributed by atoms with Crippen LogP contribution < -0.4 is 0 Å². The van der Waals surface area contributed by atoms with Crippen molar-refractivity contribution in [3.8, 4) is 0 Å². The summed E-state index contributed by atoms with van der Waals surface area (Å²) in [6.07, 6.45) is 0. The summed E-state index contributed by atoms with van der Waals surface area (Å²) in [5.41, 5.74) is 2.14. The summed E-state index contributed by atoms with van der Waals surface area (Å²) < 4.78 is 5.73. The minimum atomic E-state index is -0.0695. The molecule has 0 saturated carbocycles. The largest absolute Gasteiger partial charge is 0.486 e. The Morgan fingerprint density at radius 2 is 1.74 bits per heavy atom. The van der Waals surface area contributed by atoms with E-state index in [9.17, 15) is 4.79 Å². The van der Waals surface area contributed by atoms with Gasteiger partial charge in [0, 0.05) is 19.3 Å². The molecule has 0 atom stereocenters. The molecule has 1 aliphatic rings. The summed E-state index contributed by atoms with van der Waals surface area (Å²) in [4.78, 5) is 15.5. The Kier molecular flexibility index (Phi) is 5.03. The van der Waals surface area contributed by atoms with E-state index in [4.69, 9.17) is 4.74 Å². The molecule has 0 aromatic heterocycles. The second-order valence-electron chi connectivity index (χ2n) is 5.37. The van der Waals surface area contributed by atoms with Gasteiger partial charge in [0.1, 0.15) is 0 Å². The number of thioether (sulfide) groups is 1. The fraction of sp³-hybridized carbons (Fsp3) is 0.211. The van der Waals surface area contributed by atoms with Crippen LogP contribution in [0.4, 0.5) is 0 Å². The summed E-state index contributed by atoms with van der Waals surface area (Å²) in [5, 5.41) is 0. The number of amides is 1. The first-order valence-corrected chi connectivity index (χ1v) is 8.59. The number of likely N-dealkylation sites (N-methyl/N-ethyl adjacent to an activating group) is 1. The van der Waals surface area contributed by atoms with E-state index in [-0.39, 0.29) is 5.91 Å². The van der Waals surface area contributed by atoms with Crippen LogP contribution in [0.5, 0.6) is 0 Å². The maximum absolute atomic E-state index is 12.8. The van der Waals surface area contributed by atoms with Crippen LogP contribution in [-0.4, -0.2) is 30.2 Å². The lowest BCUT2D eigenvalue weighted by Crippen LogP contribution is -2.30. The average molecular weight is 325 g/mol. The number of carbonyl (C=O) groups excluding carboxylic acids is 1. The lowest BCUT2D eigenvalue weighted by molar-refractivity contribution is -0.129. The SMILES string of the molecule is CN(Cc1ccccc1)C(=O)C1=C(c2ccccc2)SCCO1. The second-order valence-corrected chi connectivity index (χ2v) is 6.47. The van der Waals surface area contributed by atoms with Crippen LogP contribution in [-0.2, 0) is 16.1 Å². The predicted molar refractivity (Wildman–Crippen MR) is 94.7 cm³/mol. The van der Waals surface area contributed by atoms with Crippen molar-refractivity contribution in [3.63, 3.8) is 0 Å². The van der Waals surface area contributed by atoms with Gasteiger partial charge in [0.2, 0.25) is 0 Å². The Labute approximate surface area is 141 Å². The van der Waals surface area contributed by atoms with Crippen molar-refractivity contribution in [3.05, 3.63) is 77.5 Å². The molecule has 0 saturated heterocycles. The second kappa shape index (κ2) is 7.38. The fourth-order valence-electron chi connectivity index (χ4n) is 2.48. The Bertz CT molecular complexity index is 698. The Morgan fingerprint density at radius 3 is 2.43 bits per heavy atom. The molecule has 0 radical (unpaired) electrons. The smallest absolute Gasteiger partial charge is 0.290 e. The van der Waals surface area contributed by atoms with E-state index in [0.717, 1.165) is 21.8 Å². The third kappa shape index (κ3) is 3.77. The quantitative estimate of drug-likeness (QED) is 0.857. The Balaban J connectivity index is 1.85. The molecule has 3 nitrogen and oxygen atoms in total. The number of carbonyl (C=O) groups is 1. The lowest BCUT2D eigenvalue weighted by Gasteiger charge is -2.24. The Morgan fingerprint density at radius 1 is 1.09 bits per heavy atom. The molecule has 1 amide bonds. The average Bonchev–Trinajstić information content (AvgIpc) is 2.62. The van der Waals surface area contributed by atoms with Crippen LogP contribution in [0.1, 0.15) is 11.1 Å². The van der Waals surface area contributed by atoms with Crippen molar-refractivity contribution in [2.24, 2.45) is 0 Å². The monoisotopic (exact) mass is 325 g/mol. The van der Waals surface area contributed by atoms with Gasteiger partial charge in [0.25, 0.3) is 5.91 Å². The van der Waals surface area contributed by atoms with Crippen molar-refractivity contribution in [1.29, 1.82) is 0 Å². The fourth-order valence-corrected chi connectivity index (χ4v) is 3.43. The molecule has 0 fully saturated rings. The molecule has 1 heterocycles. The molecule has 0 aliphatic carbocycles. The number of hydrogen-bond acceptors (Lipinski definition) is 3. The van der Waals surface area contributed by atoms with Gasteiger partial charge < -0.3 is 9.64 Å². The normalized spacial score (nSPS) is 14.3. The molecule has 0 bridgehead atoms. The highest BCUT2D eigenvalue weighted by molar-refractivity contribution is 8.08. The molecular weight excluding hydrogens is 306 g/mol. The van der Waals surface area contributed by atoms with E-state index < -0.39 is 0 Å². The van der Waals surface area contributed by atoms with E-state index in [1.807, 2.05) is 67.7 Å². The van der Waals surface area contributed by atoms with Crippen molar-refractivity contribution in [2.45, 2.75) is 6.54 Å². The molecule has 0 unspecified atom stereocenters. The summed E-state index contributed by atoms with van der Waals surface area (Å²) in [6.45, 7) is 1.14. The van der Waals surface area contributed by atoms with Crippen LogP contribution in [0.2, 0.25) is 0 Å². The maximum atomic E-state index is 12.8. The summed E-state index contributed by atoms with van der Waals surface area (Å²) in [7, 11) is 1.81. The zero-order chi connectivity index (χ0) is 16.1. The van der Waals surface area contributed by atoms with Crippen LogP contribution in [0.15, 0.2) is 66.4 Å². The molecule has 0 spiro atoms. The number of rotatable bonds is 4. The highest BCUT2D eigenvalue weighted by Crippen LogP contribution is 2.35. The highest BCUT2D eigenvalue weighted by Gasteiger charge is 2.25. The van der Waals surface area contributed by atoms with Gasteiger partial charge in [0.15, 0.2) is 5.76 Å². The molecule has 4 heteroatoms. The molecule has 3 rings (SSSR count). The molecule has 0 N–H and O–H groups in total. The lowest BCUT2D eigenvalue weighted by atomic mass is 10.1. The number of hydrogen-bond donors (Lipinski definition) is 0. The maximum Gasteiger partial charge on any atom is 0.290 e. The first-order chi connectivity index (χ1) is 11.3. The standard InChI is InChI=1S/C19H19NO2S/c1-20(14-15-8-4-2-5-9-15)19(21)17-18(23-13-12-22-17)16-10-6-3-7-11-16/h2-11H,12-14H2,1H3. The van der Waals surface area contributed by atoms with Gasteiger partial charge in [-0.2, -0.15) is 0 Å². The van der Waals surface area contributed by atoms with E-state index >= 15 is 0 Å². The van der Waals surface area contributed by atoms with Gasteiger partial charge >= 0.3 is 0 Å². The van der Waals surface area contributed by atoms with E-state index in [0.29, 0.717) is 18.9 Å². The molecular formula is C19H19NO2S. The van der Waals surface area contributed by atoms with Crippen LogP contribution in [0.25, 0.3) is 4.91 Å². The third-order valence-corrected chi connectivity index (χ3v) is 4.70. The number of nitrogens with zero attached hydrogens (tertiary/aromatic N) is 1. The molecule has 2 aromatic carbocycles. The first kappa shape index (κ1) is 15.7. The van der Waals surface area contributed by atoms with Gasteiger partial charge in [-0.15, -0.1) is 11.8 Å². The number of ether oxygens (including phenoxy) is 1. The molecule has 23 heavy (non-hydrogen) atoms. The molecule has 1 aliphatic heterocycles. The minimum absolute atomic E-state index is 0.0695. The van der Waals surface area contributed by atoms with Crippen molar-refractivity contribution >= 4 is 22.6 Å². The summed E-state index contributed by atoms with van der Waals surface area (Å²) in [6, 6.07) is 19.9. The summed E-state index contributed by atoms with van der Waals surface area (Å²) >= 11 is 1.68. The first-order valence-electron chi connectivity index (χ1n) is 7.60. The summed E-state index contributed by atoms with van der Waals surface area (Å²) in [5.74, 6) is 1.26. The van der Waals surface area contributed by atoms with Crippen molar-refractivity contribution in [2.75, 3.05) is 19.4 Å². The van der Waals surface area contributed by atoms with Gasteiger partial charge in [-0.3, -0.25) is 4.79 Å². The van der Waals surface area contributed by atoms with Crippen molar-refractivity contribution < 1.29 is 9.53 Å². The van der Waals surface area contributed by atoms with Crippen LogP contribution in [0, 0.1) is 0 Å². The van der Waals surface area contributed by atoms with Gasteiger partial charge in [0.05, 0.1) is 11.5 Å².